The lowest BCUT2D eigenvalue weighted by atomic mass is 10.1. The average Bonchev–Trinajstić information content (AvgIpc) is 2.88. The van der Waals surface area contributed by atoms with Gasteiger partial charge < -0.3 is 15.1 Å². The average molecular weight is 277 g/mol. The van der Waals surface area contributed by atoms with Crippen LogP contribution in [0, 0.1) is 0 Å². The third-order valence-corrected chi connectivity index (χ3v) is 4.45. The highest BCUT2D eigenvalue weighted by Gasteiger charge is 2.28. The van der Waals surface area contributed by atoms with Crippen molar-refractivity contribution in [2.24, 2.45) is 4.99 Å². The Morgan fingerprint density at radius 2 is 2.32 bits per heavy atom. The quantitative estimate of drug-likeness (QED) is 0.880. The maximum Gasteiger partial charge on any atom is 0.185 e. The lowest BCUT2D eigenvalue weighted by Crippen LogP contribution is -2.51. The smallest absolute Gasteiger partial charge is 0.185 e. The highest BCUT2D eigenvalue weighted by atomic mass is 32.1. The molecule has 3 rings (SSSR count). The van der Waals surface area contributed by atoms with Gasteiger partial charge in [0, 0.05) is 44.3 Å². The molecule has 1 aromatic heterocycles. The van der Waals surface area contributed by atoms with Gasteiger partial charge in [0.1, 0.15) is 5.69 Å². The summed E-state index contributed by atoms with van der Waals surface area (Å²) in [6.07, 6.45) is 2.21. The molecule has 1 unspecified atom stereocenters. The predicted octanol–water partition coefficient (Wildman–Crippen LogP) is 1.15. The van der Waals surface area contributed by atoms with E-state index >= 15 is 0 Å². The number of nitrogens with zero attached hydrogens (tertiary/aromatic N) is 4. The summed E-state index contributed by atoms with van der Waals surface area (Å²) in [4.78, 5) is 13.7. The standard InChI is InChI=1S/C13H19N5S/c1-9-11-4-5-15-12(18(11)7-6-14-9)10-8-19-13(16-10)17(2)3/h4,8-9,14H,5-7H2,1-3H3. The summed E-state index contributed by atoms with van der Waals surface area (Å²) in [6.45, 7) is 4.90. The van der Waals surface area contributed by atoms with Crippen molar-refractivity contribution >= 4 is 22.3 Å². The van der Waals surface area contributed by atoms with Crippen LogP contribution in [-0.2, 0) is 0 Å². The molecular formula is C13H19N5S. The van der Waals surface area contributed by atoms with Crippen LogP contribution in [0.4, 0.5) is 5.13 Å². The van der Waals surface area contributed by atoms with Crippen LogP contribution < -0.4 is 10.2 Å². The van der Waals surface area contributed by atoms with Crippen LogP contribution in [0.2, 0.25) is 0 Å². The summed E-state index contributed by atoms with van der Waals surface area (Å²) in [6, 6.07) is 0.395. The van der Waals surface area contributed by atoms with E-state index in [1.54, 1.807) is 11.3 Å². The van der Waals surface area contributed by atoms with E-state index in [0.717, 1.165) is 36.3 Å². The number of hydrogen-bond donors (Lipinski definition) is 1. The van der Waals surface area contributed by atoms with E-state index in [1.165, 1.54) is 5.70 Å². The largest absolute Gasteiger partial charge is 0.354 e. The second-order valence-corrected chi connectivity index (χ2v) is 5.87. The number of thiazole rings is 1. The molecule has 0 saturated carbocycles. The second-order valence-electron chi connectivity index (χ2n) is 5.03. The molecule has 2 aliphatic heterocycles. The lowest BCUT2D eigenvalue weighted by Gasteiger charge is -2.38. The molecular weight excluding hydrogens is 258 g/mol. The van der Waals surface area contributed by atoms with E-state index in [1.807, 2.05) is 19.0 Å². The maximum atomic E-state index is 4.67. The maximum absolute atomic E-state index is 4.67. The summed E-state index contributed by atoms with van der Waals surface area (Å²) >= 11 is 1.66. The van der Waals surface area contributed by atoms with Crippen molar-refractivity contribution in [3.8, 4) is 0 Å². The van der Waals surface area contributed by atoms with Crippen LogP contribution in [0.15, 0.2) is 22.1 Å². The third kappa shape index (κ3) is 2.26. The molecule has 1 aromatic rings. The number of piperazine rings is 1. The molecule has 0 spiro atoms. The molecule has 1 saturated heterocycles. The van der Waals surface area contributed by atoms with Crippen LogP contribution in [0.3, 0.4) is 0 Å². The van der Waals surface area contributed by atoms with E-state index in [0.29, 0.717) is 6.04 Å². The van der Waals surface area contributed by atoms with Gasteiger partial charge in [-0.25, -0.2) is 4.98 Å². The van der Waals surface area contributed by atoms with Gasteiger partial charge >= 0.3 is 0 Å². The fourth-order valence-electron chi connectivity index (χ4n) is 2.48. The molecule has 3 heterocycles. The molecule has 5 nitrogen and oxygen atoms in total. The second kappa shape index (κ2) is 4.94. The van der Waals surface area contributed by atoms with Gasteiger partial charge in [-0.1, -0.05) is 0 Å². The summed E-state index contributed by atoms with van der Waals surface area (Å²) < 4.78 is 0. The summed E-state index contributed by atoms with van der Waals surface area (Å²) in [5.41, 5.74) is 2.32. The van der Waals surface area contributed by atoms with E-state index in [4.69, 9.17) is 0 Å². The van der Waals surface area contributed by atoms with E-state index < -0.39 is 0 Å². The van der Waals surface area contributed by atoms with Crippen LogP contribution in [-0.4, -0.2) is 55.5 Å². The predicted molar refractivity (Wildman–Crippen MR) is 80.1 cm³/mol. The minimum atomic E-state index is 0.395. The van der Waals surface area contributed by atoms with E-state index in [-0.39, 0.29) is 0 Å². The first-order valence-electron chi connectivity index (χ1n) is 6.55. The van der Waals surface area contributed by atoms with Crippen LogP contribution in [0.1, 0.15) is 12.6 Å². The molecule has 0 aliphatic carbocycles. The van der Waals surface area contributed by atoms with E-state index in [9.17, 15) is 0 Å². The zero-order chi connectivity index (χ0) is 13.4. The van der Waals surface area contributed by atoms with Gasteiger partial charge in [0.2, 0.25) is 0 Å². The number of rotatable bonds is 2. The monoisotopic (exact) mass is 277 g/mol. The lowest BCUT2D eigenvalue weighted by molar-refractivity contribution is 0.368. The SMILES string of the molecule is CC1NCCN2C1=CCN=C2c1csc(N(C)C)n1. The molecule has 102 valence electrons. The van der Waals surface area contributed by atoms with Gasteiger partial charge in [0.05, 0.1) is 6.54 Å². The number of nitrogens with one attached hydrogen (secondary N) is 1. The topological polar surface area (TPSA) is 43.8 Å². The first-order valence-corrected chi connectivity index (χ1v) is 7.43. The number of aliphatic imine (C=N–C) groups is 1. The zero-order valence-corrected chi connectivity index (χ0v) is 12.4. The van der Waals surface area contributed by atoms with Crippen molar-refractivity contribution in [2.75, 3.05) is 38.6 Å². The molecule has 19 heavy (non-hydrogen) atoms. The van der Waals surface area contributed by atoms with Gasteiger partial charge in [0.25, 0.3) is 0 Å². The van der Waals surface area contributed by atoms with Crippen molar-refractivity contribution in [1.82, 2.24) is 15.2 Å². The molecule has 0 aromatic carbocycles. The Balaban J connectivity index is 1.89. The molecule has 1 N–H and O–H groups in total. The van der Waals surface area contributed by atoms with Gasteiger partial charge in [0.15, 0.2) is 11.0 Å². The van der Waals surface area contributed by atoms with Crippen molar-refractivity contribution < 1.29 is 0 Å². The zero-order valence-electron chi connectivity index (χ0n) is 11.6. The van der Waals surface area contributed by atoms with Gasteiger partial charge in [-0.3, -0.25) is 4.99 Å². The van der Waals surface area contributed by atoms with Crippen LogP contribution >= 0.6 is 11.3 Å². The van der Waals surface area contributed by atoms with Gasteiger partial charge in [-0.2, -0.15) is 0 Å². The summed E-state index contributed by atoms with van der Waals surface area (Å²) in [5.74, 6) is 1.02. The third-order valence-electron chi connectivity index (χ3n) is 3.44. The van der Waals surface area contributed by atoms with Crippen molar-refractivity contribution in [3.63, 3.8) is 0 Å². The molecule has 1 fully saturated rings. The molecule has 6 heteroatoms. The number of hydrogen-bond acceptors (Lipinski definition) is 6. The van der Waals surface area contributed by atoms with E-state index in [2.05, 4.69) is 38.6 Å². The number of anilines is 1. The van der Waals surface area contributed by atoms with Crippen molar-refractivity contribution in [1.29, 1.82) is 0 Å². The van der Waals surface area contributed by atoms with Crippen LogP contribution in [0.25, 0.3) is 0 Å². The molecule has 0 bridgehead atoms. The van der Waals surface area contributed by atoms with Crippen molar-refractivity contribution in [3.05, 3.63) is 22.8 Å². The Morgan fingerprint density at radius 3 is 3.05 bits per heavy atom. The number of fused-ring (bicyclic) bond motifs is 1. The minimum Gasteiger partial charge on any atom is -0.354 e. The Kier molecular flexibility index (Phi) is 3.28. The minimum absolute atomic E-state index is 0.395. The van der Waals surface area contributed by atoms with Crippen LogP contribution in [0.5, 0.6) is 0 Å². The normalized spacial score (nSPS) is 22.7. The molecule has 1 atom stereocenters. The van der Waals surface area contributed by atoms with Gasteiger partial charge in [-0.05, 0) is 13.0 Å². The molecule has 0 amide bonds. The summed E-state index contributed by atoms with van der Waals surface area (Å²) in [7, 11) is 4.03. The molecule has 0 radical (unpaired) electrons. The Morgan fingerprint density at radius 1 is 1.47 bits per heavy atom. The molecule has 2 aliphatic rings. The first kappa shape index (κ1) is 12.6. The van der Waals surface area contributed by atoms with Gasteiger partial charge in [-0.15, -0.1) is 11.3 Å². The Labute approximate surface area is 117 Å². The Hall–Kier alpha value is -1.40. The number of amidine groups is 1. The fraction of sp³-hybridized carbons (Fsp3) is 0.538. The van der Waals surface area contributed by atoms with Crippen molar-refractivity contribution in [2.45, 2.75) is 13.0 Å². The Bertz CT molecular complexity index is 531. The highest BCUT2D eigenvalue weighted by molar-refractivity contribution is 7.13. The first-order chi connectivity index (χ1) is 9.16. The highest BCUT2D eigenvalue weighted by Crippen LogP contribution is 2.24. The number of aromatic nitrogens is 1. The summed E-state index contributed by atoms with van der Waals surface area (Å²) in [5, 5.41) is 6.61. The fourth-order valence-corrected chi connectivity index (χ4v) is 3.22.